The molecule has 1 N–H and O–H groups in total. The number of aromatic nitrogens is 2. The molecule has 0 bridgehead atoms. The Hall–Kier alpha value is -2.74. The summed E-state index contributed by atoms with van der Waals surface area (Å²) in [6.07, 6.45) is 5.28. The fourth-order valence-electron chi connectivity index (χ4n) is 5.39. The highest BCUT2D eigenvalue weighted by Crippen LogP contribution is 2.29. The fourth-order valence-corrected chi connectivity index (χ4v) is 5.39. The number of hydrogen-bond donors (Lipinski definition) is 1. The maximum absolute atomic E-state index is 13.5. The van der Waals surface area contributed by atoms with Crippen LogP contribution in [0.2, 0.25) is 0 Å². The Labute approximate surface area is 214 Å². The van der Waals surface area contributed by atoms with Gasteiger partial charge in [-0.2, -0.15) is 5.10 Å². The van der Waals surface area contributed by atoms with Crippen molar-refractivity contribution in [2.75, 3.05) is 33.4 Å². The standard InChI is InChI=1S/C29H39FN4O2/c1-22-26(21-33(3)31-22)20-32(2)29(18-23-7-9-27(30)10-8-23)25-11-13-34(14-12-25)19-24-5-4-6-28(17-24)36-16-15-35/h4-10,17,21,25,29,35H,11-16,18-20H2,1-3H3. The summed E-state index contributed by atoms with van der Waals surface area (Å²) in [7, 11) is 4.18. The van der Waals surface area contributed by atoms with Gasteiger partial charge in [-0.3, -0.25) is 14.5 Å². The number of aliphatic hydroxyl groups is 1. The smallest absolute Gasteiger partial charge is 0.123 e. The normalized spacial score (nSPS) is 15.9. The second kappa shape index (κ2) is 12.5. The predicted octanol–water partition coefficient (Wildman–Crippen LogP) is 4.19. The zero-order valence-corrected chi connectivity index (χ0v) is 21.7. The molecule has 1 aliphatic rings. The summed E-state index contributed by atoms with van der Waals surface area (Å²) in [5.41, 5.74) is 4.74. The van der Waals surface area contributed by atoms with Gasteiger partial charge in [-0.05, 0) is 87.6 Å². The molecule has 1 unspecified atom stereocenters. The molecule has 0 spiro atoms. The number of ether oxygens (including phenoxy) is 1. The largest absolute Gasteiger partial charge is 0.491 e. The first kappa shape index (κ1) is 26.3. The van der Waals surface area contributed by atoms with Crippen LogP contribution in [0.1, 0.15) is 35.2 Å². The fraction of sp³-hybridized carbons (Fsp3) is 0.483. The molecule has 7 heteroatoms. The molecule has 1 aromatic heterocycles. The van der Waals surface area contributed by atoms with Crippen molar-refractivity contribution in [2.45, 2.75) is 45.3 Å². The van der Waals surface area contributed by atoms with Crippen LogP contribution in [0.3, 0.4) is 0 Å². The second-order valence-corrected chi connectivity index (χ2v) is 10.1. The Morgan fingerprint density at radius 2 is 1.89 bits per heavy atom. The van der Waals surface area contributed by atoms with Gasteiger partial charge < -0.3 is 9.84 Å². The summed E-state index contributed by atoms with van der Waals surface area (Å²) >= 11 is 0. The molecule has 2 aromatic carbocycles. The summed E-state index contributed by atoms with van der Waals surface area (Å²) in [4.78, 5) is 4.98. The molecule has 36 heavy (non-hydrogen) atoms. The van der Waals surface area contributed by atoms with E-state index in [1.807, 2.05) is 36.0 Å². The number of hydrogen-bond acceptors (Lipinski definition) is 5. The Kier molecular flexibility index (Phi) is 9.13. The first-order valence-corrected chi connectivity index (χ1v) is 12.9. The summed E-state index contributed by atoms with van der Waals surface area (Å²) < 4.78 is 21.0. The lowest BCUT2D eigenvalue weighted by molar-refractivity contribution is 0.0952. The first-order chi connectivity index (χ1) is 17.4. The molecule has 1 aliphatic heterocycles. The maximum atomic E-state index is 13.5. The van der Waals surface area contributed by atoms with Crippen LogP contribution in [0.4, 0.5) is 4.39 Å². The number of likely N-dealkylation sites (tertiary alicyclic amines) is 1. The molecule has 2 heterocycles. The van der Waals surface area contributed by atoms with Gasteiger partial charge in [0, 0.05) is 37.9 Å². The van der Waals surface area contributed by atoms with Crippen LogP contribution in [-0.2, 0) is 26.6 Å². The van der Waals surface area contributed by atoms with Crippen LogP contribution < -0.4 is 4.74 Å². The lowest BCUT2D eigenvalue weighted by atomic mass is 9.84. The van der Waals surface area contributed by atoms with Gasteiger partial charge in [-0.15, -0.1) is 0 Å². The minimum absolute atomic E-state index is 0.0195. The van der Waals surface area contributed by atoms with Gasteiger partial charge in [-0.25, -0.2) is 4.39 Å². The van der Waals surface area contributed by atoms with E-state index in [0.717, 1.165) is 56.9 Å². The van der Waals surface area contributed by atoms with Gasteiger partial charge in [0.05, 0.1) is 12.3 Å². The van der Waals surface area contributed by atoms with E-state index < -0.39 is 0 Å². The average molecular weight is 495 g/mol. The van der Waals surface area contributed by atoms with Crippen LogP contribution in [0, 0.1) is 18.7 Å². The highest BCUT2D eigenvalue weighted by Gasteiger charge is 2.30. The van der Waals surface area contributed by atoms with Gasteiger partial charge in [0.25, 0.3) is 0 Å². The predicted molar refractivity (Wildman–Crippen MR) is 140 cm³/mol. The average Bonchev–Trinajstić information content (AvgIpc) is 3.19. The summed E-state index contributed by atoms with van der Waals surface area (Å²) in [5.74, 6) is 1.18. The van der Waals surface area contributed by atoms with Crippen LogP contribution >= 0.6 is 0 Å². The molecule has 0 radical (unpaired) electrons. The number of benzene rings is 2. The molecule has 6 nitrogen and oxygen atoms in total. The molecule has 194 valence electrons. The maximum Gasteiger partial charge on any atom is 0.123 e. The third-order valence-corrected chi connectivity index (χ3v) is 7.30. The van der Waals surface area contributed by atoms with E-state index in [4.69, 9.17) is 9.84 Å². The minimum atomic E-state index is -0.186. The zero-order valence-electron chi connectivity index (χ0n) is 21.7. The zero-order chi connectivity index (χ0) is 25.5. The van der Waals surface area contributed by atoms with Crippen LogP contribution in [-0.4, -0.2) is 64.1 Å². The van der Waals surface area contributed by atoms with Gasteiger partial charge in [0.2, 0.25) is 0 Å². The van der Waals surface area contributed by atoms with Crippen LogP contribution in [0.15, 0.2) is 54.7 Å². The van der Waals surface area contributed by atoms with E-state index in [1.54, 1.807) is 12.1 Å². The molecule has 0 amide bonds. The van der Waals surface area contributed by atoms with Crippen molar-refractivity contribution in [3.05, 3.63) is 82.9 Å². The number of piperidine rings is 1. The van der Waals surface area contributed by atoms with E-state index >= 15 is 0 Å². The highest BCUT2D eigenvalue weighted by molar-refractivity contribution is 5.28. The molecule has 1 atom stereocenters. The lowest BCUT2D eigenvalue weighted by Crippen LogP contribution is -2.45. The van der Waals surface area contributed by atoms with Crippen molar-refractivity contribution >= 4 is 0 Å². The van der Waals surface area contributed by atoms with Crippen molar-refractivity contribution in [2.24, 2.45) is 13.0 Å². The van der Waals surface area contributed by atoms with E-state index in [2.05, 4.69) is 47.2 Å². The molecule has 1 saturated heterocycles. The minimum Gasteiger partial charge on any atom is -0.491 e. The number of aliphatic hydroxyl groups excluding tert-OH is 1. The third kappa shape index (κ3) is 7.15. The summed E-state index contributed by atoms with van der Waals surface area (Å²) in [6.45, 7) is 6.25. The second-order valence-electron chi connectivity index (χ2n) is 10.1. The quantitative estimate of drug-likeness (QED) is 0.433. The molecular formula is C29H39FN4O2. The molecule has 3 aromatic rings. The van der Waals surface area contributed by atoms with E-state index in [9.17, 15) is 4.39 Å². The van der Waals surface area contributed by atoms with Crippen molar-refractivity contribution < 1.29 is 14.2 Å². The SMILES string of the molecule is Cc1nn(C)cc1CN(C)C(Cc1ccc(F)cc1)C1CCN(Cc2cccc(OCCO)c2)CC1. The Balaban J connectivity index is 1.41. The third-order valence-electron chi connectivity index (χ3n) is 7.30. The lowest BCUT2D eigenvalue weighted by Gasteiger charge is -2.40. The Bertz CT molecular complexity index is 1090. The summed E-state index contributed by atoms with van der Waals surface area (Å²) in [6, 6.07) is 15.5. The Morgan fingerprint density at radius 3 is 2.56 bits per heavy atom. The number of halogens is 1. The molecule has 0 saturated carbocycles. The van der Waals surface area contributed by atoms with Crippen molar-refractivity contribution in [3.8, 4) is 5.75 Å². The van der Waals surface area contributed by atoms with Crippen LogP contribution in [0.5, 0.6) is 5.75 Å². The molecule has 0 aliphatic carbocycles. The molecular weight excluding hydrogens is 455 g/mol. The first-order valence-electron chi connectivity index (χ1n) is 12.9. The van der Waals surface area contributed by atoms with Gasteiger partial charge in [0.1, 0.15) is 18.2 Å². The van der Waals surface area contributed by atoms with Crippen molar-refractivity contribution in [1.29, 1.82) is 0 Å². The van der Waals surface area contributed by atoms with E-state index in [0.29, 0.717) is 18.6 Å². The van der Waals surface area contributed by atoms with E-state index in [-0.39, 0.29) is 12.4 Å². The molecule has 4 rings (SSSR count). The monoisotopic (exact) mass is 494 g/mol. The Morgan fingerprint density at radius 1 is 1.14 bits per heavy atom. The summed E-state index contributed by atoms with van der Waals surface area (Å²) in [5, 5.41) is 13.5. The number of aryl methyl sites for hydroxylation is 2. The van der Waals surface area contributed by atoms with Gasteiger partial charge in [-0.1, -0.05) is 24.3 Å². The number of likely N-dealkylation sites (N-methyl/N-ethyl adjacent to an activating group) is 1. The van der Waals surface area contributed by atoms with Crippen molar-refractivity contribution in [3.63, 3.8) is 0 Å². The van der Waals surface area contributed by atoms with E-state index in [1.165, 1.54) is 16.7 Å². The number of rotatable bonds is 11. The topological polar surface area (TPSA) is 53.8 Å². The van der Waals surface area contributed by atoms with Gasteiger partial charge >= 0.3 is 0 Å². The van der Waals surface area contributed by atoms with Gasteiger partial charge in [0.15, 0.2) is 0 Å². The molecule has 1 fully saturated rings. The van der Waals surface area contributed by atoms with Crippen LogP contribution in [0.25, 0.3) is 0 Å². The van der Waals surface area contributed by atoms with Crippen molar-refractivity contribution in [1.82, 2.24) is 19.6 Å². The highest BCUT2D eigenvalue weighted by atomic mass is 19.1. The number of nitrogens with zero attached hydrogens (tertiary/aromatic N) is 4.